The maximum absolute atomic E-state index is 3.34. The van der Waals surface area contributed by atoms with Crippen LogP contribution in [0.5, 0.6) is 0 Å². The lowest BCUT2D eigenvalue weighted by Gasteiger charge is -2.26. The number of hydrogen-bond donors (Lipinski definition) is 0. The summed E-state index contributed by atoms with van der Waals surface area (Å²) in [7, 11) is 0. The standard InChI is InChI=1S/C24H28/c1-18-4-8-21(9-5-18)12-14-24-15-13-23(16-20(24)3)17-22-10-6-19(2)7-11-22/h4-5,8-9,13,15-16,19,22H,6-7,10-11,17H2,1-3H3. The molecule has 2 aromatic rings. The predicted molar refractivity (Wildman–Crippen MR) is 103 cm³/mol. The van der Waals surface area contributed by atoms with Crippen molar-refractivity contribution in [3.8, 4) is 11.8 Å². The second-order valence-corrected chi connectivity index (χ2v) is 7.60. The van der Waals surface area contributed by atoms with Gasteiger partial charge in [-0.15, -0.1) is 0 Å². The highest BCUT2D eigenvalue weighted by Crippen LogP contribution is 2.30. The van der Waals surface area contributed by atoms with Gasteiger partial charge in [-0.25, -0.2) is 0 Å². The Bertz CT molecular complexity index is 732. The lowest BCUT2D eigenvalue weighted by molar-refractivity contribution is 0.289. The van der Waals surface area contributed by atoms with Crippen molar-refractivity contribution in [1.29, 1.82) is 0 Å². The molecule has 0 heteroatoms. The van der Waals surface area contributed by atoms with Crippen molar-refractivity contribution in [2.45, 2.75) is 52.9 Å². The second-order valence-electron chi connectivity index (χ2n) is 7.60. The van der Waals surface area contributed by atoms with Crippen LogP contribution in [0, 0.1) is 37.5 Å². The Hall–Kier alpha value is -2.00. The Balaban J connectivity index is 1.67. The number of hydrogen-bond acceptors (Lipinski definition) is 0. The topological polar surface area (TPSA) is 0 Å². The van der Waals surface area contributed by atoms with Crippen molar-refractivity contribution in [3.05, 3.63) is 70.3 Å². The Labute approximate surface area is 147 Å². The van der Waals surface area contributed by atoms with Crippen LogP contribution in [0.25, 0.3) is 0 Å². The van der Waals surface area contributed by atoms with E-state index in [0.717, 1.165) is 23.0 Å². The second kappa shape index (κ2) is 7.71. The first-order chi connectivity index (χ1) is 11.6. The molecule has 0 aromatic heterocycles. The van der Waals surface area contributed by atoms with E-state index in [9.17, 15) is 0 Å². The molecule has 1 aliphatic carbocycles. The van der Waals surface area contributed by atoms with E-state index in [4.69, 9.17) is 0 Å². The largest absolute Gasteiger partial charge is 0.0625 e. The van der Waals surface area contributed by atoms with Crippen molar-refractivity contribution in [3.63, 3.8) is 0 Å². The fourth-order valence-electron chi connectivity index (χ4n) is 3.64. The molecule has 1 fully saturated rings. The summed E-state index contributed by atoms with van der Waals surface area (Å²) in [5.41, 5.74) is 6.29. The van der Waals surface area contributed by atoms with Crippen LogP contribution < -0.4 is 0 Å². The smallest absolute Gasteiger partial charge is 0.0278 e. The summed E-state index contributed by atoms with van der Waals surface area (Å²) in [5, 5.41) is 0. The fourth-order valence-corrected chi connectivity index (χ4v) is 3.64. The van der Waals surface area contributed by atoms with Crippen LogP contribution in [-0.4, -0.2) is 0 Å². The van der Waals surface area contributed by atoms with Gasteiger partial charge in [-0.05, 0) is 74.3 Å². The van der Waals surface area contributed by atoms with Gasteiger partial charge in [0.25, 0.3) is 0 Å². The number of rotatable bonds is 2. The summed E-state index contributed by atoms with van der Waals surface area (Å²) in [4.78, 5) is 0. The summed E-state index contributed by atoms with van der Waals surface area (Å²) in [6, 6.07) is 15.3. The minimum Gasteiger partial charge on any atom is -0.0625 e. The molecule has 0 amide bonds. The Kier molecular flexibility index (Phi) is 5.41. The molecule has 2 aromatic carbocycles. The van der Waals surface area contributed by atoms with Gasteiger partial charge < -0.3 is 0 Å². The molecular formula is C24H28. The van der Waals surface area contributed by atoms with Crippen LogP contribution >= 0.6 is 0 Å². The van der Waals surface area contributed by atoms with Crippen LogP contribution in [0.2, 0.25) is 0 Å². The van der Waals surface area contributed by atoms with Crippen LogP contribution in [0.3, 0.4) is 0 Å². The molecule has 0 bridgehead atoms. The molecule has 0 spiro atoms. The Morgan fingerprint density at radius 1 is 0.875 bits per heavy atom. The van der Waals surface area contributed by atoms with E-state index in [-0.39, 0.29) is 0 Å². The zero-order valence-corrected chi connectivity index (χ0v) is 15.2. The first kappa shape index (κ1) is 16.8. The highest BCUT2D eigenvalue weighted by atomic mass is 14.2. The van der Waals surface area contributed by atoms with Crippen molar-refractivity contribution in [1.82, 2.24) is 0 Å². The molecule has 0 unspecified atom stereocenters. The van der Waals surface area contributed by atoms with Gasteiger partial charge in [-0.2, -0.15) is 0 Å². The SMILES string of the molecule is Cc1ccc(C#Cc2ccc(CC3CCC(C)CC3)cc2C)cc1. The van der Waals surface area contributed by atoms with Crippen LogP contribution in [0.1, 0.15) is 60.4 Å². The molecule has 3 rings (SSSR count). The zero-order valence-electron chi connectivity index (χ0n) is 15.2. The number of aryl methyl sites for hydroxylation is 2. The maximum atomic E-state index is 3.34. The summed E-state index contributed by atoms with van der Waals surface area (Å²) >= 11 is 0. The average Bonchev–Trinajstić information content (AvgIpc) is 2.58. The van der Waals surface area contributed by atoms with Gasteiger partial charge in [0.15, 0.2) is 0 Å². The monoisotopic (exact) mass is 316 g/mol. The molecule has 0 radical (unpaired) electrons. The minimum atomic E-state index is 0.880. The molecule has 24 heavy (non-hydrogen) atoms. The van der Waals surface area contributed by atoms with Crippen molar-refractivity contribution in [2.75, 3.05) is 0 Å². The van der Waals surface area contributed by atoms with Crippen molar-refractivity contribution in [2.24, 2.45) is 11.8 Å². The Morgan fingerprint density at radius 3 is 2.25 bits per heavy atom. The van der Waals surface area contributed by atoms with Gasteiger partial charge in [0, 0.05) is 11.1 Å². The van der Waals surface area contributed by atoms with Crippen molar-refractivity contribution < 1.29 is 0 Å². The quantitative estimate of drug-likeness (QED) is 0.590. The van der Waals surface area contributed by atoms with E-state index in [0.29, 0.717) is 0 Å². The third kappa shape index (κ3) is 4.51. The highest BCUT2D eigenvalue weighted by molar-refractivity contribution is 5.47. The summed E-state index contributed by atoms with van der Waals surface area (Å²) in [6.45, 7) is 6.68. The van der Waals surface area contributed by atoms with E-state index in [2.05, 4.69) is 75.1 Å². The molecule has 1 aliphatic rings. The molecule has 0 atom stereocenters. The molecule has 0 N–H and O–H groups in total. The summed E-state index contributed by atoms with van der Waals surface area (Å²) in [5.74, 6) is 8.43. The first-order valence-electron chi connectivity index (χ1n) is 9.28. The van der Waals surface area contributed by atoms with Gasteiger partial charge in [0.05, 0.1) is 0 Å². The summed E-state index contributed by atoms with van der Waals surface area (Å²) in [6.07, 6.45) is 6.84. The highest BCUT2D eigenvalue weighted by Gasteiger charge is 2.18. The fraction of sp³-hybridized carbons (Fsp3) is 0.417. The maximum Gasteiger partial charge on any atom is 0.0278 e. The third-order valence-corrected chi connectivity index (χ3v) is 5.34. The molecule has 0 aliphatic heterocycles. The lowest BCUT2D eigenvalue weighted by atomic mass is 9.80. The van der Waals surface area contributed by atoms with E-state index in [1.165, 1.54) is 48.8 Å². The molecule has 1 saturated carbocycles. The van der Waals surface area contributed by atoms with Gasteiger partial charge in [0.1, 0.15) is 0 Å². The summed E-state index contributed by atoms with van der Waals surface area (Å²) < 4.78 is 0. The van der Waals surface area contributed by atoms with E-state index in [1.54, 1.807) is 0 Å². The van der Waals surface area contributed by atoms with Gasteiger partial charge in [-0.3, -0.25) is 0 Å². The zero-order chi connectivity index (χ0) is 16.9. The molecule has 124 valence electrons. The molecule has 0 nitrogen and oxygen atoms in total. The van der Waals surface area contributed by atoms with E-state index in [1.807, 2.05) is 0 Å². The lowest BCUT2D eigenvalue weighted by Crippen LogP contribution is -2.14. The average molecular weight is 316 g/mol. The molecule has 0 heterocycles. The molecule has 0 saturated heterocycles. The van der Waals surface area contributed by atoms with E-state index < -0.39 is 0 Å². The minimum absolute atomic E-state index is 0.880. The van der Waals surface area contributed by atoms with E-state index >= 15 is 0 Å². The third-order valence-electron chi connectivity index (χ3n) is 5.34. The van der Waals surface area contributed by atoms with Crippen LogP contribution in [0.15, 0.2) is 42.5 Å². The number of benzene rings is 2. The predicted octanol–water partition coefficient (Wildman–Crippen LogP) is 6.07. The Morgan fingerprint density at radius 2 is 1.58 bits per heavy atom. The van der Waals surface area contributed by atoms with Crippen molar-refractivity contribution >= 4 is 0 Å². The van der Waals surface area contributed by atoms with Gasteiger partial charge >= 0.3 is 0 Å². The molecular weight excluding hydrogens is 288 g/mol. The van der Waals surface area contributed by atoms with Crippen LogP contribution in [0.4, 0.5) is 0 Å². The normalized spacial score (nSPS) is 20.3. The van der Waals surface area contributed by atoms with Gasteiger partial charge in [0.2, 0.25) is 0 Å². The van der Waals surface area contributed by atoms with Gasteiger partial charge in [-0.1, -0.05) is 61.4 Å². The first-order valence-corrected chi connectivity index (χ1v) is 9.28. The van der Waals surface area contributed by atoms with Crippen LogP contribution in [-0.2, 0) is 6.42 Å².